The molecule has 2 amide bonds. The van der Waals surface area contributed by atoms with Crippen LogP contribution in [0.4, 0.5) is 17.6 Å². The molecule has 134 valence electrons. The van der Waals surface area contributed by atoms with Crippen molar-refractivity contribution in [1.82, 2.24) is 4.90 Å². The summed E-state index contributed by atoms with van der Waals surface area (Å²) in [5.41, 5.74) is -0.881. The fraction of sp³-hybridized carbons (Fsp3) is 0.529. The van der Waals surface area contributed by atoms with E-state index >= 15 is 0 Å². The number of nitrogens with zero attached hydrogens (tertiary/aromatic N) is 1. The standard InChI is InChI=1S/C10H10F4.C7H11NO2/c1-4(2)6-7(11)5(3)8(12)10(14)9(6)13;1-5(2)8-6(9)3-4-7(8)10/h4H,1-3H3;5H,3-4H2,1-2H3. The Kier molecular flexibility index (Phi) is 6.51. The molecule has 0 spiro atoms. The first-order valence-corrected chi connectivity index (χ1v) is 7.67. The molecule has 1 aliphatic heterocycles. The average molecular weight is 347 g/mol. The second-order valence-electron chi connectivity index (χ2n) is 6.20. The van der Waals surface area contributed by atoms with Gasteiger partial charge in [0.15, 0.2) is 17.5 Å². The number of halogens is 4. The van der Waals surface area contributed by atoms with Crippen molar-refractivity contribution in [2.24, 2.45) is 0 Å². The number of benzene rings is 1. The van der Waals surface area contributed by atoms with Crippen molar-refractivity contribution in [2.75, 3.05) is 0 Å². The third-order valence-electron chi connectivity index (χ3n) is 3.70. The van der Waals surface area contributed by atoms with Crippen LogP contribution in [-0.2, 0) is 9.59 Å². The number of carbonyl (C=O) groups is 2. The van der Waals surface area contributed by atoms with Crippen molar-refractivity contribution in [3.05, 3.63) is 34.4 Å². The summed E-state index contributed by atoms with van der Waals surface area (Å²) < 4.78 is 52.1. The highest BCUT2D eigenvalue weighted by atomic mass is 19.2. The molecule has 0 aliphatic carbocycles. The minimum Gasteiger partial charge on any atom is -0.280 e. The quantitative estimate of drug-likeness (QED) is 0.348. The van der Waals surface area contributed by atoms with Crippen molar-refractivity contribution in [2.45, 2.75) is 59.4 Å². The van der Waals surface area contributed by atoms with E-state index in [0.717, 1.165) is 6.92 Å². The predicted octanol–water partition coefficient (Wildman–Crippen LogP) is 4.22. The summed E-state index contributed by atoms with van der Waals surface area (Å²) in [6, 6.07) is 0.0301. The van der Waals surface area contributed by atoms with E-state index in [-0.39, 0.29) is 17.9 Å². The van der Waals surface area contributed by atoms with Gasteiger partial charge < -0.3 is 0 Å². The van der Waals surface area contributed by atoms with Gasteiger partial charge in [0.25, 0.3) is 0 Å². The minimum atomic E-state index is -1.60. The summed E-state index contributed by atoms with van der Waals surface area (Å²) in [5, 5.41) is 0. The van der Waals surface area contributed by atoms with Crippen LogP contribution in [0.25, 0.3) is 0 Å². The van der Waals surface area contributed by atoms with E-state index in [9.17, 15) is 27.2 Å². The van der Waals surface area contributed by atoms with Gasteiger partial charge in [-0.05, 0) is 26.7 Å². The minimum absolute atomic E-state index is 0.0278. The van der Waals surface area contributed by atoms with Gasteiger partial charge in [0.05, 0.1) is 0 Å². The van der Waals surface area contributed by atoms with Crippen LogP contribution < -0.4 is 0 Å². The maximum absolute atomic E-state index is 13.3. The number of imide groups is 1. The Balaban J connectivity index is 0.000000254. The van der Waals surface area contributed by atoms with Gasteiger partial charge in [-0.1, -0.05) is 13.8 Å². The summed E-state index contributed by atoms with van der Waals surface area (Å²) >= 11 is 0. The van der Waals surface area contributed by atoms with Crippen molar-refractivity contribution in [3.63, 3.8) is 0 Å². The van der Waals surface area contributed by atoms with Crippen molar-refractivity contribution in [3.8, 4) is 0 Å². The first kappa shape index (κ1) is 20.1. The molecule has 1 saturated heterocycles. The van der Waals surface area contributed by atoms with Gasteiger partial charge >= 0.3 is 0 Å². The number of carbonyl (C=O) groups excluding carboxylic acids is 2. The van der Waals surface area contributed by atoms with Gasteiger partial charge in [-0.15, -0.1) is 0 Å². The zero-order valence-electron chi connectivity index (χ0n) is 14.3. The number of likely N-dealkylation sites (tertiary alicyclic amines) is 1. The van der Waals surface area contributed by atoms with E-state index in [1.54, 1.807) is 0 Å². The van der Waals surface area contributed by atoms with Crippen molar-refractivity contribution < 1.29 is 27.2 Å². The molecule has 24 heavy (non-hydrogen) atoms. The Bertz CT molecular complexity index is 611. The topological polar surface area (TPSA) is 37.4 Å². The molecule has 7 heteroatoms. The number of hydrogen-bond acceptors (Lipinski definition) is 2. The number of hydrogen-bond donors (Lipinski definition) is 0. The number of amides is 2. The van der Waals surface area contributed by atoms with Gasteiger partial charge in [-0.3, -0.25) is 14.5 Å². The molecule has 1 heterocycles. The molecule has 3 nitrogen and oxygen atoms in total. The normalized spacial score (nSPS) is 14.5. The van der Waals surface area contributed by atoms with Crippen LogP contribution in [0.2, 0.25) is 0 Å². The van der Waals surface area contributed by atoms with Gasteiger partial charge in [0, 0.05) is 30.0 Å². The van der Waals surface area contributed by atoms with E-state index in [0.29, 0.717) is 12.8 Å². The second kappa shape index (κ2) is 7.77. The number of rotatable bonds is 2. The predicted molar refractivity (Wildman–Crippen MR) is 81.3 cm³/mol. The lowest BCUT2D eigenvalue weighted by atomic mass is 9.99. The molecule has 1 aliphatic rings. The first-order chi connectivity index (χ1) is 11.0. The summed E-state index contributed by atoms with van der Waals surface area (Å²) in [6.45, 7) is 7.80. The summed E-state index contributed by atoms with van der Waals surface area (Å²) in [5.74, 6) is -6.07. The monoisotopic (exact) mass is 347 g/mol. The largest absolute Gasteiger partial charge is 0.280 e. The molecule has 0 atom stereocenters. The zero-order chi connectivity index (χ0) is 18.8. The molecule has 0 radical (unpaired) electrons. The van der Waals surface area contributed by atoms with Gasteiger partial charge in [-0.2, -0.15) is 0 Å². The van der Waals surface area contributed by atoms with Gasteiger partial charge in [0.2, 0.25) is 11.8 Å². The molecule has 0 unspecified atom stereocenters. The van der Waals surface area contributed by atoms with Crippen LogP contribution in [0, 0.1) is 30.2 Å². The van der Waals surface area contributed by atoms with Crippen LogP contribution in [0.3, 0.4) is 0 Å². The molecule has 0 aromatic heterocycles. The van der Waals surface area contributed by atoms with Crippen LogP contribution in [-0.4, -0.2) is 22.8 Å². The van der Waals surface area contributed by atoms with Crippen molar-refractivity contribution >= 4 is 11.8 Å². The maximum Gasteiger partial charge on any atom is 0.229 e. The molecule has 0 bridgehead atoms. The SMILES string of the molecule is CC(C)N1C(=O)CCC1=O.Cc1c(F)c(F)c(F)c(C(C)C)c1F. The van der Waals surface area contributed by atoms with Crippen molar-refractivity contribution in [1.29, 1.82) is 0 Å². The molecule has 1 fully saturated rings. The Labute approximate surface area is 138 Å². The Morgan fingerprint density at radius 2 is 1.25 bits per heavy atom. The molecule has 1 aromatic rings. The van der Waals surface area contributed by atoms with E-state index < -0.39 is 40.3 Å². The lowest BCUT2D eigenvalue weighted by Gasteiger charge is -2.17. The van der Waals surface area contributed by atoms with Crippen LogP contribution in [0.1, 0.15) is 57.6 Å². The zero-order valence-corrected chi connectivity index (χ0v) is 14.3. The molecule has 0 N–H and O–H groups in total. The molecular weight excluding hydrogens is 326 g/mol. The summed E-state index contributed by atoms with van der Waals surface area (Å²) in [4.78, 5) is 23.2. The van der Waals surface area contributed by atoms with Crippen LogP contribution in [0.5, 0.6) is 0 Å². The molecule has 2 rings (SSSR count). The highest BCUT2D eigenvalue weighted by Gasteiger charge is 2.30. The maximum atomic E-state index is 13.3. The van der Waals surface area contributed by atoms with E-state index in [1.165, 1.54) is 18.7 Å². The molecule has 0 saturated carbocycles. The summed E-state index contributed by atoms with van der Waals surface area (Å²) in [7, 11) is 0. The third kappa shape index (κ3) is 3.94. The molecular formula is C17H21F4NO2. The molecule has 1 aromatic carbocycles. The third-order valence-corrected chi connectivity index (χ3v) is 3.70. The fourth-order valence-corrected chi connectivity index (χ4v) is 2.45. The van der Waals surface area contributed by atoms with Crippen LogP contribution in [0.15, 0.2) is 0 Å². The highest BCUT2D eigenvalue weighted by molar-refractivity contribution is 6.02. The van der Waals surface area contributed by atoms with E-state index in [4.69, 9.17) is 0 Å². The Morgan fingerprint density at radius 3 is 1.58 bits per heavy atom. The lowest BCUT2D eigenvalue weighted by Crippen LogP contribution is -2.35. The average Bonchev–Trinajstić information content (AvgIpc) is 2.82. The highest BCUT2D eigenvalue weighted by Crippen LogP contribution is 2.28. The van der Waals surface area contributed by atoms with Crippen LogP contribution >= 0.6 is 0 Å². The first-order valence-electron chi connectivity index (χ1n) is 7.67. The van der Waals surface area contributed by atoms with Gasteiger partial charge in [0.1, 0.15) is 5.82 Å². The van der Waals surface area contributed by atoms with E-state index in [1.807, 2.05) is 13.8 Å². The second-order valence-corrected chi connectivity index (χ2v) is 6.20. The van der Waals surface area contributed by atoms with Gasteiger partial charge in [-0.25, -0.2) is 17.6 Å². The lowest BCUT2D eigenvalue weighted by molar-refractivity contribution is -0.140. The Morgan fingerprint density at radius 1 is 0.792 bits per heavy atom. The van der Waals surface area contributed by atoms with E-state index in [2.05, 4.69) is 0 Å². The Hall–Kier alpha value is -1.92. The smallest absolute Gasteiger partial charge is 0.229 e. The summed E-state index contributed by atoms with van der Waals surface area (Å²) in [6.07, 6.45) is 0.800. The fourth-order valence-electron chi connectivity index (χ4n) is 2.45.